The summed E-state index contributed by atoms with van der Waals surface area (Å²) >= 11 is 0. The molecule has 0 unspecified atom stereocenters. The summed E-state index contributed by atoms with van der Waals surface area (Å²) in [5.41, 5.74) is 6.49. The molecule has 2 N–H and O–H groups in total. The Balaban J connectivity index is 1.99. The van der Waals surface area contributed by atoms with Crippen LogP contribution in [0.1, 0.15) is 18.4 Å². The summed E-state index contributed by atoms with van der Waals surface area (Å²) in [5.74, 6) is -0.192. The van der Waals surface area contributed by atoms with E-state index in [-0.39, 0.29) is 5.97 Å². The van der Waals surface area contributed by atoms with Gasteiger partial charge in [0.05, 0.1) is 0 Å². The number of hydrogen-bond acceptors (Lipinski definition) is 3. The van der Waals surface area contributed by atoms with Gasteiger partial charge in [-0.15, -0.1) is 0 Å². The first-order chi connectivity index (χ1) is 10.8. The van der Waals surface area contributed by atoms with Gasteiger partial charge in [-0.25, -0.2) is 0 Å². The van der Waals surface area contributed by atoms with Gasteiger partial charge >= 0.3 is 5.97 Å². The minimum atomic E-state index is -0.192. The molecule has 0 aromatic heterocycles. The van der Waals surface area contributed by atoms with Gasteiger partial charge in [0, 0.05) is 12.0 Å². The molecule has 0 bridgehead atoms. The molecular formula is C19H19NO2. The van der Waals surface area contributed by atoms with Crippen molar-refractivity contribution >= 4 is 27.5 Å². The van der Waals surface area contributed by atoms with Gasteiger partial charge in [0.15, 0.2) is 0 Å². The monoisotopic (exact) mass is 293 g/mol. The van der Waals surface area contributed by atoms with Crippen molar-refractivity contribution in [3.63, 3.8) is 0 Å². The third-order valence-electron chi connectivity index (χ3n) is 3.85. The molecule has 112 valence electrons. The number of carbonyl (C=O) groups excluding carboxylic acids is 1. The molecular weight excluding hydrogens is 274 g/mol. The predicted octanol–water partition coefficient (Wildman–Crippen LogP) is 3.78. The summed E-state index contributed by atoms with van der Waals surface area (Å²) in [4.78, 5) is 11.8. The topological polar surface area (TPSA) is 52.3 Å². The molecule has 0 spiro atoms. The molecule has 0 amide bonds. The van der Waals surface area contributed by atoms with E-state index in [1.165, 1.54) is 0 Å². The molecule has 3 nitrogen and oxygen atoms in total. The zero-order valence-corrected chi connectivity index (χ0v) is 12.4. The lowest BCUT2D eigenvalue weighted by Crippen LogP contribution is -2.08. The highest BCUT2D eigenvalue weighted by Crippen LogP contribution is 2.29. The molecule has 3 rings (SSSR count). The number of esters is 1. The molecule has 0 radical (unpaired) electrons. The van der Waals surface area contributed by atoms with Gasteiger partial charge in [-0.1, -0.05) is 48.5 Å². The molecule has 0 atom stereocenters. The predicted molar refractivity (Wildman–Crippen MR) is 89.5 cm³/mol. The van der Waals surface area contributed by atoms with Gasteiger partial charge in [0.2, 0.25) is 0 Å². The van der Waals surface area contributed by atoms with Crippen molar-refractivity contribution in [1.29, 1.82) is 0 Å². The van der Waals surface area contributed by atoms with Crippen LogP contribution < -0.4 is 5.73 Å². The highest BCUT2D eigenvalue weighted by molar-refractivity contribution is 6.02. The van der Waals surface area contributed by atoms with E-state index in [2.05, 4.69) is 30.3 Å². The lowest BCUT2D eigenvalue weighted by atomic mass is 9.97. The van der Waals surface area contributed by atoms with Crippen molar-refractivity contribution in [2.45, 2.75) is 19.4 Å². The number of hydrogen-bond donors (Lipinski definition) is 1. The van der Waals surface area contributed by atoms with Crippen molar-refractivity contribution in [3.05, 3.63) is 60.2 Å². The lowest BCUT2D eigenvalue weighted by molar-refractivity contribution is -0.144. The maximum absolute atomic E-state index is 11.8. The van der Waals surface area contributed by atoms with Crippen LogP contribution in [0.4, 0.5) is 0 Å². The Kier molecular flexibility index (Phi) is 4.35. The first-order valence-corrected chi connectivity index (χ1v) is 7.54. The fraction of sp³-hybridized carbons (Fsp3) is 0.211. The highest BCUT2D eigenvalue weighted by Gasteiger charge is 2.10. The Bertz CT molecular complexity index is 757. The van der Waals surface area contributed by atoms with Crippen molar-refractivity contribution in [3.8, 4) is 0 Å². The van der Waals surface area contributed by atoms with Gasteiger partial charge in [0.1, 0.15) is 6.61 Å². The number of rotatable bonds is 5. The number of nitrogens with two attached hydrogens (primary N) is 1. The molecule has 0 heterocycles. The molecule has 0 fully saturated rings. The Morgan fingerprint density at radius 3 is 2.14 bits per heavy atom. The van der Waals surface area contributed by atoms with Crippen LogP contribution in [0, 0.1) is 0 Å². The quantitative estimate of drug-likeness (QED) is 0.575. The third-order valence-corrected chi connectivity index (χ3v) is 3.85. The van der Waals surface area contributed by atoms with Crippen LogP contribution in [0.3, 0.4) is 0 Å². The van der Waals surface area contributed by atoms with Crippen LogP contribution in [0.2, 0.25) is 0 Å². The van der Waals surface area contributed by atoms with Gasteiger partial charge < -0.3 is 10.5 Å². The second-order valence-corrected chi connectivity index (χ2v) is 5.35. The minimum Gasteiger partial charge on any atom is -0.461 e. The Hall–Kier alpha value is -2.39. The average Bonchev–Trinajstić information content (AvgIpc) is 2.56. The van der Waals surface area contributed by atoms with E-state index >= 15 is 0 Å². The van der Waals surface area contributed by atoms with Gasteiger partial charge in [-0.05, 0) is 40.6 Å². The Morgan fingerprint density at radius 1 is 0.955 bits per heavy atom. The lowest BCUT2D eigenvalue weighted by Gasteiger charge is -2.12. The number of benzene rings is 3. The SMILES string of the molecule is NCCCC(=O)OCc1c2ccccc2cc2ccccc12. The zero-order valence-electron chi connectivity index (χ0n) is 12.4. The summed E-state index contributed by atoms with van der Waals surface area (Å²) < 4.78 is 5.45. The molecule has 0 saturated carbocycles. The fourth-order valence-electron chi connectivity index (χ4n) is 2.73. The second kappa shape index (κ2) is 6.58. The largest absolute Gasteiger partial charge is 0.461 e. The molecule has 0 aliphatic rings. The first-order valence-electron chi connectivity index (χ1n) is 7.54. The normalized spacial score (nSPS) is 11.0. The molecule has 3 aromatic rings. The van der Waals surface area contributed by atoms with E-state index in [1.54, 1.807) is 0 Å². The second-order valence-electron chi connectivity index (χ2n) is 5.35. The molecule has 3 aromatic carbocycles. The summed E-state index contributed by atoms with van der Waals surface area (Å²) in [6.07, 6.45) is 1.04. The molecule has 0 saturated heterocycles. The summed E-state index contributed by atoms with van der Waals surface area (Å²) in [7, 11) is 0. The average molecular weight is 293 g/mol. The summed E-state index contributed by atoms with van der Waals surface area (Å²) in [5, 5.41) is 4.59. The fourth-order valence-corrected chi connectivity index (χ4v) is 2.73. The van der Waals surface area contributed by atoms with Crippen LogP contribution in [0.25, 0.3) is 21.5 Å². The smallest absolute Gasteiger partial charge is 0.306 e. The van der Waals surface area contributed by atoms with Crippen molar-refractivity contribution < 1.29 is 9.53 Å². The van der Waals surface area contributed by atoms with Gasteiger partial charge in [-0.2, -0.15) is 0 Å². The van der Waals surface area contributed by atoms with Crippen LogP contribution in [-0.2, 0) is 16.1 Å². The molecule has 22 heavy (non-hydrogen) atoms. The van der Waals surface area contributed by atoms with Crippen molar-refractivity contribution in [1.82, 2.24) is 0 Å². The van der Waals surface area contributed by atoms with E-state index in [9.17, 15) is 4.79 Å². The van der Waals surface area contributed by atoms with Crippen LogP contribution in [0.15, 0.2) is 54.6 Å². The molecule has 0 aliphatic heterocycles. The molecule has 3 heteroatoms. The Labute approximate surface area is 129 Å². The van der Waals surface area contributed by atoms with Crippen molar-refractivity contribution in [2.24, 2.45) is 5.73 Å². The van der Waals surface area contributed by atoms with Gasteiger partial charge in [-0.3, -0.25) is 4.79 Å². The maximum Gasteiger partial charge on any atom is 0.306 e. The van der Waals surface area contributed by atoms with E-state index in [1.807, 2.05) is 24.3 Å². The standard InChI is InChI=1S/C19H19NO2/c20-11-5-10-19(21)22-13-18-16-8-3-1-6-14(16)12-15-7-2-4-9-17(15)18/h1-4,6-9,12H,5,10-11,13,20H2. The van der Waals surface area contributed by atoms with E-state index in [0.717, 1.165) is 27.1 Å². The van der Waals surface area contributed by atoms with Crippen molar-refractivity contribution in [2.75, 3.05) is 6.54 Å². The zero-order chi connectivity index (χ0) is 15.4. The van der Waals surface area contributed by atoms with E-state index in [0.29, 0.717) is 26.0 Å². The van der Waals surface area contributed by atoms with Gasteiger partial charge in [0.25, 0.3) is 0 Å². The van der Waals surface area contributed by atoms with E-state index < -0.39 is 0 Å². The summed E-state index contributed by atoms with van der Waals surface area (Å²) in [6.45, 7) is 0.803. The maximum atomic E-state index is 11.8. The highest BCUT2D eigenvalue weighted by atomic mass is 16.5. The van der Waals surface area contributed by atoms with Crippen LogP contribution >= 0.6 is 0 Å². The minimum absolute atomic E-state index is 0.192. The van der Waals surface area contributed by atoms with Crippen LogP contribution in [-0.4, -0.2) is 12.5 Å². The first kappa shape index (κ1) is 14.5. The van der Waals surface area contributed by atoms with E-state index in [4.69, 9.17) is 10.5 Å². The number of fused-ring (bicyclic) bond motifs is 2. The Morgan fingerprint density at radius 2 is 1.55 bits per heavy atom. The molecule has 0 aliphatic carbocycles. The summed E-state index contributed by atoms with van der Waals surface area (Å²) in [6, 6.07) is 18.6. The number of carbonyl (C=O) groups is 1. The number of ether oxygens (including phenoxy) is 1. The van der Waals surface area contributed by atoms with Crippen LogP contribution in [0.5, 0.6) is 0 Å². The third kappa shape index (κ3) is 2.95.